The average Bonchev–Trinajstić information content (AvgIpc) is 2.30. The molecule has 3 N–H and O–H groups in total. The molecule has 2 aliphatic carbocycles. The van der Waals surface area contributed by atoms with Crippen molar-refractivity contribution in [3.8, 4) is 0 Å². The Morgan fingerprint density at radius 2 is 2.00 bits per heavy atom. The molecule has 0 aromatic heterocycles. The van der Waals surface area contributed by atoms with Gasteiger partial charge in [-0.2, -0.15) is 0 Å². The zero-order valence-corrected chi connectivity index (χ0v) is 10.2. The van der Waals surface area contributed by atoms with Crippen molar-refractivity contribution in [2.75, 3.05) is 0 Å². The minimum Gasteiger partial charge on any atom is -0.388 e. The van der Waals surface area contributed by atoms with Crippen molar-refractivity contribution in [3.63, 3.8) is 0 Å². The van der Waals surface area contributed by atoms with Crippen LogP contribution < -0.4 is 10.8 Å². The minimum absolute atomic E-state index is 0.301. The van der Waals surface area contributed by atoms with E-state index in [1.807, 2.05) is 6.20 Å². The third-order valence-corrected chi connectivity index (χ3v) is 4.62. The molecule has 16 heavy (non-hydrogen) atoms. The van der Waals surface area contributed by atoms with E-state index in [9.17, 15) is 5.21 Å². The Labute approximate surface area is 98.3 Å². The Morgan fingerprint density at radius 1 is 1.19 bits per heavy atom. The van der Waals surface area contributed by atoms with Crippen molar-refractivity contribution < 1.29 is 5.21 Å². The highest BCUT2D eigenvalue weighted by atomic mass is 16.5. The minimum atomic E-state index is 0.301. The predicted octanol–water partition coefficient (Wildman–Crippen LogP) is 2.28. The fraction of sp³-hybridized carbons (Fsp3) is 0.846. The van der Waals surface area contributed by atoms with Crippen LogP contribution in [0.4, 0.5) is 0 Å². The molecule has 3 heteroatoms. The summed E-state index contributed by atoms with van der Waals surface area (Å²) in [6.07, 6.45) is 7.92. The van der Waals surface area contributed by atoms with Gasteiger partial charge in [-0.1, -0.05) is 19.9 Å². The van der Waals surface area contributed by atoms with E-state index in [-0.39, 0.29) is 0 Å². The molecular weight excluding hydrogens is 200 g/mol. The van der Waals surface area contributed by atoms with Gasteiger partial charge in [0.25, 0.3) is 0 Å². The van der Waals surface area contributed by atoms with Gasteiger partial charge in [-0.25, -0.2) is 5.48 Å². The summed E-state index contributed by atoms with van der Waals surface area (Å²) in [5, 5.41) is 12.7. The number of fused-ring (bicyclic) bond motifs is 1. The summed E-state index contributed by atoms with van der Waals surface area (Å²) in [6.45, 7) is 6.14. The quantitative estimate of drug-likeness (QED) is 0.644. The van der Waals surface area contributed by atoms with E-state index in [0.717, 1.165) is 12.3 Å². The maximum Gasteiger partial charge on any atom is 0.0351 e. The van der Waals surface area contributed by atoms with Gasteiger partial charge in [-0.15, -0.1) is 0 Å². The molecule has 0 heterocycles. The molecule has 92 valence electrons. The Balaban J connectivity index is 2.12. The number of hydrogen-bond acceptors (Lipinski definition) is 3. The molecule has 2 rings (SSSR count). The lowest BCUT2D eigenvalue weighted by Gasteiger charge is -2.48. The first-order valence-electron chi connectivity index (χ1n) is 6.54. The highest BCUT2D eigenvalue weighted by Crippen LogP contribution is 2.43. The number of nitrogens with one attached hydrogen (secondary N) is 2. The maximum atomic E-state index is 9.24. The lowest BCUT2D eigenvalue weighted by Crippen LogP contribution is -2.53. The highest BCUT2D eigenvalue weighted by Gasteiger charge is 2.43. The van der Waals surface area contributed by atoms with E-state index in [1.54, 1.807) is 0 Å². The molecule has 0 amide bonds. The van der Waals surface area contributed by atoms with Crippen LogP contribution in [0.15, 0.2) is 12.8 Å². The van der Waals surface area contributed by atoms with Crippen LogP contribution in [0.1, 0.15) is 39.0 Å². The predicted molar refractivity (Wildman–Crippen MR) is 65.1 cm³/mol. The number of hydroxylamine groups is 1. The van der Waals surface area contributed by atoms with Crippen LogP contribution in [0.3, 0.4) is 0 Å². The van der Waals surface area contributed by atoms with E-state index in [4.69, 9.17) is 0 Å². The van der Waals surface area contributed by atoms with Crippen molar-refractivity contribution in [3.05, 3.63) is 12.8 Å². The molecule has 2 saturated carbocycles. The van der Waals surface area contributed by atoms with Crippen LogP contribution in [-0.2, 0) is 0 Å². The van der Waals surface area contributed by atoms with E-state index in [1.165, 1.54) is 25.7 Å². The molecule has 0 spiro atoms. The Hall–Kier alpha value is -0.540. The molecule has 0 radical (unpaired) electrons. The zero-order valence-electron chi connectivity index (χ0n) is 10.2. The van der Waals surface area contributed by atoms with E-state index >= 15 is 0 Å². The normalized spacial score (nSPS) is 43.5. The first kappa shape index (κ1) is 11.9. The van der Waals surface area contributed by atoms with Gasteiger partial charge in [0, 0.05) is 12.1 Å². The highest BCUT2D eigenvalue weighted by molar-refractivity contribution is 4.98. The third kappa shape index (κ3) is 2.11. The molecule has 2 fully saturated rings. The summed E-state index contributed by atoms with van der Waals surface area (Å²) in [6, 6.07) is 0.859. The maximum absolute atomic E-state index is 9.24. The van der Waals surface area contributed by atoms with Crippen LogP contribution in [0.25, 0.3) is 0 Å². The Morgan fingerprint density at radius 3 is 2.69 bits per heavy atom. The van der Waals surface area contributed by atoms with Crippen LogP contribution >= 0.6 is 0 Å². The van der Waals surface area contributed by atoms with Gasteiger partial charge in [0.1, 0.15) is 0 Å². The fourth-order valence-electron chi connectivity index (χ4n) is 3.90. The van der Waals surface area contributed by atoms with Gasteiger partial charge >= 0.3 is 0 Å². The summed E-state index contributed by atoms with van der Waals surface area (Å²) < 4.78 is 0. The second-order valence-corrected chi connectivity index (χ2v) is 5.44. The van der Waals surface area contributed by atoms with E-state index < -0.39 is 0 Å². The van der Waals surface area contributed by atoms with E-state index in [0.29, 0.717) is 23.9 Å². The van der Waals surface area contributed by atoms with Crippen molar-refractivity contribution in [1.29, 1.82) is 0 Å². The SMILES string of the molecule is C=CNC1CCCC2C(NO)CCC(C)C12. The molecule has 5 atom stereocenters. The molecule has 0 aromatic carbocycles. The monoisotopic (exact) mass is 224 g/mol. The van der Waals surface area contributed by atoms with E-state index in [2.05, 4.69) is 24.3 Å². The first-order valence-corrected chi connectivity index (χ1v) is 6.54. The van der Waals surface area contributed by atoms with Gasteiger partial charge in [-0.05, 0) is 49.6 Å². The van der Waals surface area contributed by atoms with Crippen molar-refractivity contribution in [1.82, 2.24) is 10.8 Å². The van der Waals surface area contributed by atoms with Crippen LogP contribution in [0.5, 0.6) is 0 Å². The first-order chi connectivity index (χ1) is 7.77. The van der Waals surface area contributed by atoms with Crippen LogP contribution in [-0.4, -0.2) is 17.3 Å². The molecule has 0 aliphatic heterocycles. The lowest BCUT2D eigenvalue weighted by atomic mass is 9.62. The van der Waals surface area contributed by atoms with Gasteiger partial charge < -0.3 is 10.5 Å². The van der Waals surface area contributed by atoms with Gasteiger partial charge in [0.15, 0.2) is 0 Å². The third-order valence-electron chi connectivity index (χ3n) is 4.62. The van der Waals surface area contributed by atoms with Crippen molar-refractivity contribution in [2.24, 2.45) is 17.8 Å². The number of hydrogen-bond donors (Lipinski definition) is 3. The molecule has 0 saturated heterocycles. The summed E-state index contributed by atoms with van der Waals surface area (Å²) in [7, 11) is 0. The molecule has 0 aromatic rings. The smallest absolute Gasteiger partial charge is 0.0351 e. The molecule has 0 bridgehead atoms. The summed E-state index contributed by atoms with van der Waals surface area (Å²) in [4.78, 5) is 0. The van der Waals surface area contributed by atoms with Crippen LogP contribution in [0, 0.1) is 17.8 Å². The Kier molecular flexibility index (Phi) is 3.87. The summed E-state index contributed by atoms with van der Waals surface area (Å²) in [5.41, 5.74) is 2.53. The molecule has 5 unspecified atom stereocenters. The van der Waals surface area contributed by atoms with Gasteiger partial charge in [0.05, 0.1) is 0 Å². The zero-order chi connectivity index (χ0) is 11.5. The molecule has 2 aliphatic rings. The lowest BCUT2D eigenvalue weighted by molar-refractivity contribution is -0.00270. The standard InChI is InChI=1S/C13H24N2O/c1-3-14-12-6-4-5-10-11(15-16)8-7-9(2)13(10)12/h3,9-16H,1,4-8H2,2H3. The fourth-order valence-corrected chi connectivity index (χ4v) is 3.90. The van der Waals surface area contributed by atoms with Gasteiger partial charge in [-0.3, -0.25) is 0 Å². The van der Waals surface area contributed by atoms with Crippen molar-refractivity contribution in [2.45, 2.75) is 51.1 Å². The average molecular weight is 224 g/mol. The van der Waals surface area contributed by atoms with Gasteiger partial charge in [0.2, 0.25) is 0 Å². The Bertz CT molecular complexity index is 244. The topological polar surface area (TPSA) is 44.3 Å². The number of rotatable bonds is 3. The second kappa shape index (κ2) is 5.19. The largest absolute Gasteiger partial charge is 0.388 e. The van der Waals surface area contributed by atoms with Crippen LogP contribution in [0.2, 0.25) is 0 Å². The summed E-state index contributed by atoms with van der Waals surface area (Å²) >= 11 is 0. The molecular formula is C13H24N2O. The second-order valence-electron chi connectivity index (χ2n) is 5.44. The van der Waals surface area contributed by atoms with Crippen molar-refractivity contribution >= 4 is 0 Å². The summed E-state index contributed by atoms with van der Waals surface area (Å²) in [5.74, 6) is 2.07. The molecule has 3 nitrogen and oxygen atoms in total.